The van der Waals surface area contributed by atoms with Crippen LogP contribution in [0.25, 0.3) is 0 Å². The van der Waals surface area contributed by atoms with Crippen LogP contribution in [-0.2, 0) is 4.79 Å². The third-order valence-electron chi connectivity index (χ3n) is 1.56. The van der Waals surface area contributed by atoms with E-state index >= 15 is 0 Å². The lowest BCUT2D eigenvalue weighted by molar-refractivity contribution is -0.136. The Kier molecular flexibility index (Phi) is 6.99. The Morgan fingerprint density at radius 1 is 1.46 bits per heavy atom. The van der Waals surface area contributed by atoms with Crippen LogP contribution in [0.2, 0.25) is 0 Å². The predicted octanol–water partition coefficient (Wildman–Crippen LogP) is 1.82. The molecule has 0 aromatic carbocycles. The van der Waals surface area contributed by atoms with Gasteiger partial charge in [0.25, 0.3) is 0 Å². The molecule has 3 nitrogen and oxygen atoms in total. The zero-order chi connectivity index (χ0) is 10.3. The molecule has 13 heavy (non-hydrogen) atoms. The molecule has 0 rings (SSSR count). The van der Waals surface area contributed by atoms with Gasteiger partial charge in [-0.05, 0) is 13.8 Å². The highest BCUT2D eigenvalue weighted by Crippen LogP contribution is 2.10. The molecule has 0 saturated carbocycles. The van der Waals surface area contributed by atoms with E-state index in [4.69, 9.17) is 17.3 Å². The second-order valence-corrected chi connectivity index (χ2v) is 4.16. The topological polar surface area (TPSA) is 40.5 Å². The normalized spacial score (nSPS) is 9.69. The maximum absolute atomic E-state index is 10.2. The van der Waals surface area contributed by atoms with Crippen molar-refractivity contribution in [3.63, 3.8) is 0 Å². The molecule has 0 aromatic heterocycles. The van der Waals surface area contributed by atoms with Crippen molar-refractivity contribution < 1.29 is 9.90 Å². The molecule has 0 atom stereocenters. The number of thiocarbonyl (C=S) groups is 1. The van der Waals surface area contributed by atoms with Crippen LogP contribution in [0.1, 0.15) is 20.3 Å². The SMILES string of the molecule is CCN(CC)C(=S)SCCC(=O)O. The molecule has 1 N–H and O–H groups in total. The Labute approximate surface area is 88.5 Å². The molecular formula is C8H15NO2S2. The van der Waals surface area contributed by atoms with Gasteiger partial charge >= 0.3 is 5.97 Å². The van der Waals surface area contributed by atoms with E-state index in [9.17, 15) is 4.79 Å². The van der Waals surface area contributed by atoms with Crippen LogP contribution in [-0.4, -0.2) is 39.1 Å². The van der Waals surface area contributed by atoms with Crippen LogP contribution in [0.5, 0.6) is 0 Å². The molecule has 5 heteroatoms. The zero-order valence-electron chi connectivity index (χ0n) is 7.95. The molecule has 76 valence electrons. The molecule has 0 amide bonds. The van der Waals surface area contributed by atoms with Crippen LogP contribution < -0.4 is 0 Å². The summed E-state index contributed by atoms with van der Waals surface area (Å²) in [6.07, 6.45) is 0.173. The maximum Gasteiger partial charge on any atom is 0.304 e. The van der Waals surface area contributed by atoms with Gasteiger partial charge in [0.05, 0.1) is 6.42 Å². The van der Waals surface area contributed by atoms with Gasteiger partial charge in [0.15, 0.2) is 0 Å². The van der Waals surface area contributed by atoms with Crippen LogP contribution in [0.3, 0.4) is 0 Å². The molecule has 0 aliphatic carbocycles. The molecule has 0 aliphatic heterocycles. The first-order valence-electron chi connectivity index (χ1n) is 4.25. The number of hydrogen-bond donors (Lipinski definition) is 1. The number of thioether (sulfide) groups is 1. The molecule has 0 bridgehead atoms. The lowest BCUT2D eigenvalue weighted by Crippen LogP contribution is -2.26. The van der Waals surface area contributed by atoms with E-state index < -0.39 is 5.97 Å². The summed E-state index contributed by atoms with van der Waals surface area (Å²) < 4.78 is 0.797. The minimum atomic E-state index is -0.769. The smallest absolute Gasteiger partial charge is 0.304 e. The summed E-state index contributed by atoms with van der Waals surface area (Å²) in [6, 6.07) is 0. The van der Waals surface area contributed by atoms with Gasteiger partial charge < -0.3 is 10.0 Å². The quantitative estimate of drug-likeness (QED) is 0.717. The van der Waals surface area contributed by atoms with E-state index in [1.807, 2.05) is 18.7 Å². The highest BCUT2D eigenvalue weighted by molar-refractivity contribution is 8.22. The van der Waals surface area contributed by atoms with Gasteiger partial charge in [0.2, 0.25) is 0 Å². The van der Waals surface area contributed by atoms with Crippen LogP contribution in [0.4, 0.5) is 0 Å². The largest absolute Gasteiger partial charge is 0.481 e. The second kappa shape index (κ2) is 7.15. The van der Waals surface area contributed by atoms with Crippen molar-refractivity contribution >= 4 is 34.3 Å². The maximum atomic E-state index is 10.2. The van der Waals surface area contributed by atoms with Crippen molar-refractivity contribution in [1.29, 1.82) is 0 Å². The number of rotatable bonds is 5. The van der Waals surface area contributed by atoms with E-state index in [1.165, 1.54) is 11.8 Å². The summed E-state index contributed by atoms with van der Waals surface area (Å²) in [6.45, 7) is 5.84. The first kappa shape index (κ1) is 12.7. The van der Waals surface area contributed by atoms with E-state index in [1.54, 1.807) is 0 Å². The zero-order valence-corrected chi connectivity index (χ0v) is 9.58. The average Bonchev–Trinajstić information content (AvgIpc) is 2.05. The van der Waals surface area contributed by atoms with Crippen molar-refractivity contribution in [1.82, 2.24) is 4.90 Å². The standard InChI is InChI=1S/C8H15NO2S2/c1-3-9(4-2)8(12)13-6-5-7(10)11/h3-6H2,1-2H3,(H,10,11). The third kappa shape index (κ3) is 5.87. The summed E-state index contributed by atoms with van der Waals surface area (Å²) in [7, 11) is 0. The van der Waals surface area contributed by atoms with Gasteiger partial charge in [0.1, 0.15) is 4.32 Å². The van der Waals surface area contributed by atoms with Crippen LogP contribution >= 0.6 is 24.0 Å². The highest BCUT2D eigenvalue weighted by atomic mass is 32.2. The summed E-state index contributed by atoms with van der Waals surface area (Å²) in [5.74, 6) is -0.208. The molecule has 0 unspecified atom stereocenters. The number of carbonyl (C=O) groups is 1. The number of nitrogens with zero attached hydrogens (tertiary/aromatic N) is 1. The molecule has 0 aromatic rings. The number of hydrogen-bond acceptors (Lipinski definition) is 3. The molecular weight excluding hydrogens is 206 g/mol. The molecule has 0 heterocycles. The Hall–Kier alpha value is -0.290. The Morgan fingerprint density at radius 3 is 2.38 bits per heavy atom. The Morgan fingerprint density at radius 2 is 2.00 bits per heavy atom. The number of aliphatic carboxylic acids is 1. The van der Waals surface area contributed by atoms with Crippen LogP contribution in [0.15, 0.2) is 0 Å². The molecule has 0 saturated heterocycles. The monoisotopic (exact) mass is 221 g/mol. The molecule has 0 radical (unpaired) electrons. The fourth-order valence-electron chi connectivity index (χ4n) is 0.799. The predicted molar refractivity (Wildman–Crippen MR) is 60.2 cm³/mol. The van der Waals surface area contributed by atoms with Gasteiger partial charge in [-0.3, -0.25) is 4.79 Å². The lowest BCUT2D eigenvalue weighted by atomic mass is 10.5. The molecule has 0 fully saturated rings. The fraction of sp³-hybridized carbons (Fsp3) is 0.750. The van der Waals surface area contributed by atoms with E-state index in [2.05, 4.69) is 0 Å². The van der Waals surface area contributed by atoms with Crippen molar-refractivity contribution in [2.75, 3.05) is 18.8 Å². The number of carboxylic acids is 1. The van der Waals surface area contributed by atoms with E-state index in [-0.39, 0.29) is 6.42 Å². The average molecular weight is 221 g/mol. The van der Waals surface area contributed by atoms with Gasteiger partial charge in [-0.1, -0.05) is 24.0 Å². The van der Waals surface area contributed by atoms with Crippen LogP contribution in [0, 0.1) is 0 Å². The number of carboxylic acid groups (broad SMARTS) is 1. The molecule has 0 aliphatic rings. The summed E-state index contributed by atoms with van der Waals surface area (Å²) in [5, 5.41) is 8.41. The van der Waals surface area contributed by atoms with Crippen molar-refractivity contribution in [2.45, 2.75) is 20.3 Å². The summed E-state index contributed by atoms with van der Waals surface area (Å²) in [4.78, 5) is 12.3. The Balaban J connectivity index is 3.66. The summed E-state index contributed by atoms with van der Waals surface area (Å²) in [5.41, 5.74) is 0. The van der Waals surface area contributed by atoms with Gasteiger partial charge in [-0.2, -0.15) is 0 Å². The lowest BCUT2D eigenvalue weighted by Gasteiger charge is -2.20. The van der Waals surface area contributed by atoms with Gasteiger partial charge in [0, 0.05) is 18.8 Å². The minimum Gasteiger partial charge on any atom is -0.481 e. The first-order chi connectivity index (χ1) is 6.11. The second-order valence-electron chi connectivity index (χ2n) is 2.43. The van der Waals surface area contributed by atoms with E-state index in [0.29, 0.717) is 5.75 Å². The summed E-state index contributed by atoms with van der Waals surface area (Å²) >= 11 is 6.56. The third-order valence-corrected chi connectivity index (χ3v) is 3.09. The highest BCUT2D eigenvalue weighted by Gasteiger charge is 2.06. The Bertz CT molecular complexity index is 181. The van der Waals surface area contributed by atoms with Crippen molar-refractivity contribution in [2.24, 2.45) is 0 Å². The van der Waals surface area contributed by atoms with Gasteiger partial charge in [-0.25, -0.2) is 0 Å². The van der Waals surface area contributed by atoms with Crippen molar-refractivity contribution in [3.8, 4) is 0 Å². The molecule has 0 spiro atoms. The van der Waals surface area contributed by atoms with Crippen molar-refractivity contribution in [3.05, 3.63) is 0 Å². The van der Waals surface area contributed by atoms with Gasteiger partial charge in [-0.15, -0.1) is 0 Å². The first-order valence-corrected chi connectivity index (χ1v) is 5.64. The minimum absolute atomic E-state index is 0.173. The van der Waals surface area contributed by atoms with E-state index in [0.717, 1.165) is 17.4 Å². The fourth-order valence-corrected chi connectivity index (χ4v) is 2.20.